The van der Waals surface area contributed by atoms with E-state index in [9.17, 15) is 9.59 Å². The Morgan fingerprint density at radius 3 is 2.96 bits per heavy atom. The molecule has 1 aliphatic rings. The number of amides is 2. The SMILES string of the molecule is O=C(COc1ccc(Cl)cc1Cl)Nc1ccc2c(n1)NC(=O)CO2. The minimum atomic E-state index is -0.434. The molecule has 9 heteroatoms. The zero-order chi connectivity index (χ0) is 17.1. The first-order valence-corrected chi connectivity index (χ1v) is 7.58. The number of nitrogens with one attached hydrogen (secondary N) is 2. The highest BCUT2D eigenvalue weighted by Gasteiger charge is 2.18. The maximum atomic E-state index is 11.9. The fourth-order valence-electron chi connectivity index (χ4n) is 1.95. The van der Waals surface area contributed by atoms with Gasteiger partial charge >= 0.3 is 0 Å². The van der Waals surface area contributed by atoms with Crippen molar-refractivity contribution in [2.45, 2.75) is 0 Å². The lowest BCUT2D eigenvalue weighted by Gasteiger charge is -2.17. The van der Waals surface area contributed by atoms with Crippen LogP contribution in [0.2, 0.25) is 10.0 Å². The van der Waals surface area contributed by atoms with E-state index in [4.69, 9.17) is 32.7 Å². The number of carbonyl (C=O) groups excluding carboxylic acids is 2. The number of anilines is 2. The number of nitrogens with zero attached hydrogens (tertiary/aromatic N) is 1. The molecule has 0 fully saturated rings. The molecule has 3 rings (SSSR count). The molecule has 24 heavy (non-hydrogen) atoms. The Kier molecular flexibility index (Phi) is 4.73. The number of pyridine rings is 1. The van der Waals surface area contributed by atoms with Crippen LogP contribution in [0.15, 0.2) is 30.3 Å². The molecule has 1 aliphatic heterocycles. The van der Waals surface area contributed by atoms with Crippen molar-refractivity contribution < 1.29 is 19.1 Å². The molecule has 0 aliphatic carbocycles. The summed E-state index contributed by atoms with van der Waals surface area (Å²) in [5, 5.41) is 5.89. The van der Waals surface area contributed by atoms with E-state index in [1.54, 1.807) is 24.3 Å². The van der Waals surface area contributed by atoms with Gasteiger partial charge in [-0.15, -0.1) is 0 Å². The molecule has 0 spiro atoms. The second kappa shape index (κ2) is 6.94. The van der Waals surface area contributed by atoms with Crippen molar-refractivity contribution in [3.63, 3.8) is 0 Å². The third-order valence-corrected chi connectivity index (χ3v) is 3.53. The molecule has 2 heterocycles. The molecule has 0 saturated carbocycles. The summed E-state index contributed by atoms with van der Waals surface area (Å²) in [6.07, 6.45) is 0. The second-order valence-electron chi connectivity index (χ2n) is 4.79. The monoisotopic (exact) mass is 367 g/mol. The predicted molar refractivity (Wildman–Crippen MR) is 88.9 cm³/mol. The van der Waals surface area contributed by atoms with Gasteiger partial charge in [-0.1, -0.05) is 23.2 Å². The molecule has 7 nitrogen and oxygen atoms in total. The maximum absolute atomic E-state index is 11.9. The maximum Gasteiger partial charge on any atom is 0.263 e. The minimum absolute atomic E-state index is 0.0594. The van der Waals surface area contributed by atoms with Crippen molar-refractivity contribution in [3.8, 4) is 11.5 Å². The Labute approximate surface area is 146 Å². The van der Waals surface area contributed by atoms with Crippen molar-refractivity contribution in [1.82, 2.24) is 4.98 Å². The standard InChI is InChI=1S/C15H11Cl2N3O4/c16-8-1-2-10(9(17)5-8)23-6-13(21)18-12-4-3-11-15(19-12)20-14(22)7-24-11/h1-5H,6-7H2,(H2,18,19,20,21,22). The fraction of sp³-hybridized carbons (Fsp3) is 0.133. The number of ether oxygens (including phenoxy) is 2. The van der Waals surface area contributed by atoms with Crippen LogP contribution in [-0.4, -0.2) is 30.0 Å². The summed E-state index contributed by atoms with van der Waals surface area (Å²) >= 11 is 11.7. The van der Waals surface area contributed by atoms with Gasteiger partial charge in [-0.3, -0.25) is 9.59 Å². The molecule has 0 unspecified atom stereocenters. The topological polar surface area (TPSA) is 89.5 Å². The van der Waals surface area contributed by atoms with Crippen molar-refractivity contribution in [2.24, 2.45) is 0 Å². The van der Waals surface area contributed by atoms with E-state index in [-0.39, 0.29) is 30.8 Å². The van der Waals surface area contributed by atoms with Gasteiger partial charge in [0.1, 0.15) is 11.6 Å². The van der Waals surface area contributed by atoms with E-state index < -0.39 is 5.91 Å². The minimum Gasteiger partial charge on any atom is -0.482 e. The molecular weight excluding hydrogens is 357 g/mol. The largest absolute Gasteiger partial charge is 0.482 e. The summed E-state index contributed by atoms with van der Waals surface area (Å²) in [4.78, 5) is 27.3. The molecular formula is C15H11Cl2N3O4. The molecule has 124 valence electrons. The van der Waals surface area contributed by atoms with E-state index in [1.165, 1.54) is 6.07 Å². The summed E-state index contributed by atoms with van der Waals surface area (Å²) in [6.45, 7) is -0.320. The average molecular weight is 368 g/mol. The number of benzene rings is 1. The first-order chi connectivity index (χ1) is 11.5. The molecule has 0 bridgehead atoms. The highest BCUT2D eigenvalue weighted by molar-refractivity contribution is 6.35. The normalized spacial score (nSPS) is 12.7. The van der Waals surface area contributed by atoms with Crippen LogP contribution >= 0.6 is 23.2 Å². The van der Waals surface area contributed by atoms with E-state index in [0.29, 0.717) is 21.5 Å². The van der Waals surface area contributed by atoms with Crippen molar-refractivity contribution >= 4 is 46.7 Å². The van der Waals surface area contributed by atoms with Crippen molar-refractivity contribution in [1.29, 1.82) is 0 Å². The van der Waals surface area contributed by atoms with E-state index in [2.05, 4.69) is 15.6 Å². The third-order valence-electron chi connectivity index (χ3n) is 2.99. The van der Waals surface area contributed by atoms with E-state index in [1.807, 2.05) is 0 Å². The fourth-order valence-corrected chi connectivity index (χ4v) is 2.41. The lowest BCUT2D eigenvalue weighted by molar-refractivity contribution is -0.119. The first kappa shape index (κ1) is 16.4. The second-order valence-corrected chi connectivity index (χ2v) is 5.64. The third kappa shape index (κ3) is 3.87. The molecule has 2 amide bonds. The van der Waals surface area contributed by atoms with Crippen LogP contribution in [0.25, 0.3) is 0 Å². The smallest absolute Gasteiger partial charge is 0.263 e. The number of hydrogen-bond donors (Lipinski definition) is 2. The predicted octanol–water partition coefficient (Wildman–Crippen LogP) is 2.74. The van der Waals surface area contributed by atoms with Crippen LogP contribution in [0.3, 0.4) is 0 Å². The van der Waals surface area contributed by atoms with Crippen LogP contribution in [-0.2, 0) is 9.59 Å². The summed E-state index contributed by atoms with van der Waals surface area (Å²) in [7, 11) is 0. The first-order valence-electron chi connectivity index (χ1n) is 6.82. The molecule has 1 aromatic heterocycles. The number of fused-ring (bicyclic) bond motifs is 1. The van der Waals surface area contributed by atoms with Crippen LogP contribution in [0.1, 0.15) is 0 Å². The summed E-state index contributed by atoms with van der Waals surface area (Å²) < 4.78 is 10.5. The van der Waals surface area contributed by atoms with Gasteiger partial charge < -0.3 is 20.1 Å². The van der Waals surface area contributed by atoms with Gasteiger partial charge in [-0.25, -0.2) is 4.98 Å². The van der Waals surface area contributed by atoms with Crippen molar-refractivity contribution in [3.05, 3.63) is 40.4 Å². The van der Waals surface area contributed by atoms with Gasteiger partial charge in [0.05, 0.1) is 5.02 Å². The Morgan fingerprint density at radius 1 is 1.33 bits per heavy atom. The molecule has 0 radical (unpaired) electrons. The summed E-state index contributed by atoms with van der Waals surface area (Å²) in [6, 6.07) is 7.86. The lowest BCUT2D eigenvalue weighted by atomic mass is 10.3. The van der Waals surface area contributed by atoms with Gasteiger partial charge in [0.15, 0.2) is 24.8 Å². The van der Waals surface area contributed by atoms with Gasteiger partial charge in [-0.05, 0) is 30.3 Å². The number of rotatable bonds is 4. The van der Waals surface area contributed by atoms with Crippen LogP contribution in [0.4, 0.5) is 11.6 Å². The Bertz CT molecular complexity index is 813. The Morgan fingerprint density at radius 2 is 2.17 bits per heavy atom. The Hall–Kier alpha value is -2.51. The van der Waals surface area contributed by atoms with Crippen LogP contribution in [0, 0.1) is 0 Å². The van der Waals surface area contributed by atoms with Crippen LogP contribution in [0.5, 0.6) is 11.5 Å². The van der Waals surface area contributed by atoms with E-state index >= 15 is 0 Å². The quantitative estimate of drug-likeness (QED) is 0.866. The van der Waals surface area contributed by atoms with Gasteiger partial charge in [0, 0.05) is 5.02 Å². The van der Waals surface area contributed by atoms with Crippen LogP contribution < -0.4 is 20.1 Å². The summed E-state index contributed by atoms with van der Waals surface area (Å²) in [5.74, 6) is 0.559. The molecule has 0 saturated heterocycles. The molecule has 0 atom stereocenters. The van der Waals surface area contributed by atoms with Crippen molar-refractivity contribution in [2.75, 3.05) is 23.8 Å². The highest BCUT2D eigenvalue weighted by Crippen LogP contribution is 2.28. The average Bonchev–Trinajstić information content (AvgIpc) is 2.53. The van der Waals surface area contributed by atoms with Gasteiger partial charge in [-0.2, -0.15) is 0 Å². The number of hydrogen-bond acceptors (Lipinski definition) is 5. The molecule has 1 aromatic carbocycles. The lowest BCUT2D eigenvalue weighted by Crippen LogP contribution is -2.27. The number of halogens is 2. The van der Waals surface area contributed by atoms with Gasteiger partial charge in [0.25, 0.3) is 11.8 Å². The zero-order valence-corrected chi connectivity index (χ0v) is 13.6. The van der Waals surface area contributed by atoms with E-state index in [0.717, 1.165) is 0 Å². The zero-order valence-electron chi connectivity index (χ0n) is 12.1. The number of aromatic nitrogens is 1. The highest BCUT2D eigenvalue weighted by atomic mass is 35.5. The van der Waals surface area contributed by atoms with Gasteiger partial charge in [0.2, 0.25) is 0 Å². The molecule has 2 aromatic rings. The Balaban J connectivity index is 1.61. The molecule has 2 N–H and O–H groups in total. The summed E-state index contributed by atoms with van der Waals surface area (Å²) in [5.41, 5.74) is 0. The number of carbonyl (C=O) groups is 2.